The fourth-order valence-electron chi connectivity index (χ4n) is 2.60. The quantitative estimate of drug-likeness (QED) is 0.889. The van der Waals surface area contributed by atoms with Crippen molar-refractivity contribution >= 4 is 11.8 Å². The molecule has 1 fully saturated rings. The first-order chi connectivity index (χ1) is 8.51. The van der Waals surface area contributed by atoms with Gasteiger partial charge in [-0.1, -0.05) is 38.1 Å². The summed E-state index contributed by atoms with van der Waals surface area (Å²) in [6, 6.07) is 9.26. The van der Waals surface area contributed by atoms with Gasteiger partial charge in [-0.3, -0.25) is 0 Å². The number of nitrogens with two attached hydrogens (primary N) is 1. The molecule has 0 spiro atoms. The molecule has 1 saturated heterocycles. The zero-order chi connectivity index (χ0) is 13.2. The Kier molecular flexibility index (Phi) is 4.39. The Morgan fingerprint density at radius 2 is 1.94 bits per heavy atom. The van der Waals surface area contributed by atoms with Crippen LogP contribution in [0.25, 0.3) is 0 Å². The van der Waals surface area contributed by atoms with Gasteiger partial charge in [-0.2, -0.15) is 11.8 Å². The van der Waals surface area contributed by atoms with E-state index < -0.39 is 0 Å². The van der Waals surface area contributed by atoms with E-state index >= 15 is 0 Å². The van der Waals surface area contributed by atoms with Gasteiger partial charge in [0.1, 0.15) is 0 Å². The second kappa shape index (κ2) is 5.66. The molecule has 1 aliphatic heterocycles. The summed E-state index contributed by atoms with van der Waals surface area (Å²) in [6.45, 7) is 6.80. The predicted octanol–water partition coefficient (Wildman–Crippen LogP) is 3.97. The van der Waals surface area contributed by atoms with E-state index in [9.17, 15) is 0 Å². The summed E-state index contributed by atoms with van der Waals surface area (Å²) >= 11 is 2.06. The molecule has 2 rings (SSSR count). The van der Waals surface area contributed by atoms with Crippen LogP contribution in [0.15, 0.2) is 24.3 Å². The fraction of sp³-hybridized carbons (Fsp3) is 0.625. The van der Waals surface area contributed by atoms with Crippen molar-refractivity contribution in [1.29, 1.82) is 0 Å². The zero-order valence-corrected chi connectivity index (χ0v) is 12.6. The summed E-state index contributed by atoms with van der Waals surface area (Å²) in [4.78, 5) is 0. The van der Waals surface area contributed by atoms with Gasteiger partial charge in [0.15, 0.2) is 0 Å². The zero-order valence-electron chi connectivity index (χ0n) is 11.8. The molecule has 2 unspecified atom stereocenters. The minimum atomic E-state index is 0.273. The molecule has 0 amide bonds. The maximum atomic E-state index is 6.42. The number of thioether (sulfide) groups is 1. The largest absolute Gasteiger partial charge is 0.326 e. The molecule has 0 aromatic heterocycles. The van der Waals surface area contributed by atoms with Crippen LogP contribution in [0.1, 0.15) is 50.7 Å². The summed E-state index contributed by atoms with van der Waals surface area (Å²) in [5, 5.41) is 0. The van der Waals surface area contributed by atoms with Gasteiger partial charge in [-0.05, 0) is 49.0 Å². The van der Waals surface area contributed by atoms with Crippen molar-refractivity contribution in [2.45, 2.75) is 56.7 Å². The van der Waals surface area contributed by atoms with Gasteiger partial charge < -0.3 is 5.73 Å². The molecule has 1 aromatic carbocycles. The molecule has 0 radical (unpaired) electrons. The third kappa shape index (κ3) is 3.10. The molecular weight excluding hydrogens is 238 g/mol. The van der Waals surface area contributed by atoms with Crippen LogP contribution in [0.2, 0.25) is 0 Å². The lowest BCUT2D eigenvalue weighted by atomic mass is 9.91. The topological polar surface area (TPSA) is 26.0 Å². The van der Waals surface area contributed by atoms with Crippen molar-refractivity contribution in [3.8, 4) is 0 Å². The molecule has 1 aliphatic rings. The van der Waals surface area contributed by atoms with E-state index in [0.29, 0.717) is 5.92 Å². The molecule has 1 aromatic rings. The number of hydrogen-bond acceptors (Lipinski definition) is 2. The highest BCUT2D eigenvalue weighted by Crippen LogP contribution is 2.40. The second-order valence-corrected chi connectivity index (χ2v) is 7.60. The molecular formula is C16H25NS. The lowest BCUT2D eigenvalue weighted by Gasteiger charge is -2.30. The fourth-order valence-corrected chi connectivity index (χ4v) is 3.94. The van der Waals surface area contributed by atoms with E-state index in [-0.39, 0.29) is 10.8 Å². The Labute approximate surface area is 116 Å². The molecule has 1 nitrogen and oxygen atoms in total. The van der Waals surface area contributed by atoms with E-state index in [1.54, 1.807) is 0 Å². The molecule has 2 atom stereocenters. The maximum absolute atomic E-state index is 6.42. The highest BCUT2D eigenvalue weighted by atomic mass is 32.2. The average Bonchev–Trinajstić information content (AvgIpc) is 2.78. The van der Waals surface area contributed by atoms with Crippen LogP contribution < -0.4 is 5.73 Å². The minimum absolute atomic E-state index is 0.273. The highest BCUT2D eigenvalue weighted by molar-refractivity contribution is 8.00. The van der Waals surface area contributed by atoms with Gasteiger partial charge in [-0.15, -0.1) is 0 Å². The molecule has 2 heteroatoms. The summed E-state index contributed by atoms with van der Waals surface area (Å²) in [6.07, 6.45) is 3.59. The van der Waals surface area contributed by atoms with Crippen LogP contribution in [0.3, 0.4) is 0 Å². The highest BCUT2D eigenvalue weighted by Gasteiger charge is 2.35. The van der Waals surface area contributed by atoms with Gasteiger partial charge in [0.2, 0.25) is 0 Å². The number of hydrogen-bond donors (Lipinski definition) is 1. The summed E-state index contributed by atoms with van der Waals surface area (Å²) in [5.41, 5.74) is 9.21. The Bertz CT molecular complexity index is 377. The molecule has 0 bridgehead atoms. The van der Waals surface area contributed by atoms with Crippen LogP contribution in [-0.2, 0) is 6.42 Å². The molecule has 0 aliphatic carbocycles. The van der Waals surface area contributed by atoms with Gasteiger partial charge in [0, 0.05) is 10.8 Å². The van der Waals surface area contributed by atoms with E-state index in [4.69, 9.17) is 5.73 Å². The molecule has 1 heterocycles. The Morgan fingerprint density at radius 3 is 2.44 bits per heavy atom. The maximum Gasteiger partial charge on any atom is 0.0286 e. The summed E-state index contributed by atoms with van der Waals surface area (Å²) in [7, 11) is 0. The number of benzene rings is 1. The van der Waals surface area contributed by atoms with E-state index in [1.165, 1.54) is 29.7 Å². The first kappa shape index (κ1) is 14.0. The van der Waals surface area contributed by atoms with Gasteiger partial charge >= 0.3 is 0 Å². The van der Waals surface area contributed by atoms with Gasteiger partial charge in [0.05, 0.1) is 0 Å². The Balaban J connectivity index is 2.00. The third-order valence-corrected chi connectivity index (χ3v) is 5.79. The van der Waals surface area contributed by atoms with Crippen molar-refractivity contribution in [2.75, 3.05) is 5.75 Å². The Morgan fingerprint density at radius 1 is 1.28 bits per heavy atom. The van der Waals surface area contributed by atoms with Crippen LogP contribution in [0, 0.1) is 0 Å². The molecule has 100 valence electrons. The number of rotatable bonds is 4. The van der Waals surface area contributed by atoms with E-state index in [2.05, 4.69) is 56.8 Å². The van der Waals surface area contributed by atoms with Crippen molar-refractivity contribution < 1.29 is 0 Å². The van der Waals surface area contributed by atoms with Crippen LogP contribution in [0.5, 0.6) is 0 Å². The summed E-state index contributed by atoms with van der Waals surface area (Å²) < 4.78 is 0.288. The van der Waals surface area contributed by atoms with Gasteiger partial charge in [-0.25, -0.2) is 0 Å². The van der Waals surface area contributed by atoms with Crippen molar-refractivity contribution in [3.63, 3.8) is 0 Å². The van der Waals surface area contributed by atoms with Crippen molar-refractivity contribution in [1.82, 2.24) is 0 Å². The lowest BCUT2D eigenvalue weighted by Crippen LogP contribution is -2.42. The molecule has 2 N–H and O–H groups in total. The first-order valence-electron chi connectivity index (χ1n) is 6.99. The Hall–Kier alpha value is -0.470. The van der Waals surface area contributed by atoms with Crippen LogP contribution in [-0.4, -0.2) is 16.5 Å². The standard InChI is InChI=1S/C16H25NS/c1-12(2)14-7-5-13(6-8-14)11-15(17)16(3)9-4-10-18-16/h5-8,12,15H,4,9-11,17H2,1-3H3. The second-order valence-electron chi connectivity index (χ2n) is 5.97. The van der Waals surface area contributed by atoms with E-state index in [1.807, 2.05) is 0 Å². The monoisotopic (exact) mass is 263 g/mol. The molecule has 0 saturated carbocycles. The smallest absolute Gasteiger partial charge is 0.0286 e. The van der Waals surface area contributed by atoms with E-state index in [0.717, 1.165) is 6.42 Å². The summed E-state index contributed by atoms with van der Waals surface area (Å²) in [5.74, 6) is 1.88. The van der Waals surface area contributed by atoms with Gasteiger partial charge in [0.25, 0.3) is 0 Å². The average molecular weight is 263 g/mol. The predicted molar refractivity (Wildman–Crippen MR) is 82.3 cm³/mol. The molecule has 18 heavy (non-hydrogen) atoms. The first-order valence-corrected chi connectivity index (χ1v) is 7.98. The van der Waals surface area contributed by atoms with Crippen LogP contribution in [0.4, 0.5) is 0 Å². The minimum Gasteiger partial charge on any atom is -0.326 e. The SMILES string of the molecule is CC(C)c1ccc(CC(N)C2(C)CCCS2)cc1. The van der Waals surface area contributed by atoms with Crippen LogP contribution >= 0.6 is 11.8 Å². The lowest BCUT2D eigenvalue weighted by molar-refractivity contribution is 0.482. The normalized spacial score (nSPS) is 25.6. The van der Waals surface area contributed by atoms with Crippen molar-refractivity contribution in [3.05, 3.63) is 35.4 Å². The van der Waals surface area contributed by atoms with Crippen molar-refractivity contribution in [2.24, 2.45) is 5.73 Å². The third-order valence-electron chi connectivity index (χ3n) is 4.14.